The van der Waals surface area contributed by atoms with Crippen LogP contribution in [0, 0.1) is 0 Å². The highest BCUT2D eigenvalue weighted by Crippen LogP contribution is 2.27. The van der Waals surface area contributed by atoms with Crippen molar-refractivity contribution in [3.63, 3.8) is 0 Å². The van der Waals surface area contributed by atoms with Crippen LogP contribution in [0.2, 0.25) is 0 Å². The number of nitrogens with zero attached hydrogens (tertiary/aromatic N) is 2. The zero-order valence-electron chi connectivity index (χ0n) is 19.4. The van der Waals surface area contributed by atoms with Gasteiger partial charge in [-0.2, -0.15) is 0 Å². The van der Waals surface area contributed by atoms with Crippen LogP contribution in [0.3, 0.4) is 0 Å². The molecule has 0 saturated carbocycles. The number of halogens is 1. The molecule has 1 amide bonds. The normalized spacial score (nSPS) is 10.7. The highest BCUT2D eigenvalue weighted by atomic mass is 127. The molecule has 0 unspecified atom stereocenters. The minimum absolute atomic E-state index is 0. The summed E-state index contributed by atoms with van der Waals surface area (Å²) in [5.74, 6) is 2.27. The number of hydrogen-bond acceptors (Lipinski definition) is 4. The highest BCUT2D eigenvalue weighted by molar-refractivity contribution is 14.0. The van der Waals surface area contributed by atoms with Crippen LogP contribution in [0.15, 0.2) is 53.5 Å². The van der Waals surface area contributed by atoms with Gasteiger partial charge in [-0.05, 0) is 49.6 Å². The van der Waals surface area contributed by atoms with Crippen LogP contribution in [0.1, 0.15) is 29.3 Å². The van der Waals surface area contributed by atoms with E-state index in [1.54, 1.807) is 14.2 Å². The average Bonchev–Trinajstić information content (AvgIpc) is 2.81. The molecule has 0 saturated heterocycles. The molecule has 0 bridgehead atoms. The maximum Gasteiger partial charge on any atom is 0.251 e. The number of guanidine groups is 1. The van der Waals surface area contributed by atoms with Crippen LogP contribution < -0.4 is 20.1 Å². The largest absolute Gasteiger partial charge is 0.493 e. The SMILES string of the molecule is CCNC(=NCCCNC(=O)c1ccccc1)N(C)CCc1ccc(OC)c(OC)c1.I. The van der Waals surface area contributed by atoms with Crippen LogP contribution in [0.4, 0.5) is 0 Å². The van der Waals surface area contributed by atoms with Gasteiger partial charge in [-0.3, -0.25) is 9.79 Å². The molecule has 0 heterocycles. The molecule has 0 fully saturated rings. The molecule has 0 aliphatic carbocycles. The van der Waals surface area contributed by atoms with Gasteiger partial charge in [0, 0.05) is 38.8 Å². The number of rotatable bonds is 11. The fourth-order valence-corrected chi connectivity index (χ4v) is 3.07. The van der Waals surface area contributed by atoms with Gasteiger partial charge in [-0.25, -0.2) is 0 Å². The van der Waals surface area contributed by atoms with Crippen molar-refractivity contribution >= 4 is 35.8 Å². The van der Waals surface area contributed by atoms with Gasteiger partial charge in [0.1, 0.15) is 0 Å². The number of benzene rings is 2. The van der Waals surface area contributed by atoms with Crippen molar-refractivity contribution in [3.8, 4) is 11.5 Å². The summed E-state index contributed by atoms with van der Waals surface area (Å²) < 4.78 is 10.7. The Bertz CT molecular complexity index is 846. The molecule has 176 valence electrons. The van der Waals surface area contributed by atoms with Crippen molar-refractivity contribution in [1.29, 1.82) is 0 Å². The number of aliphatic imine (C=N–C) groups is 1. The third kappa shape index (κ3) is 8.94. The average molecular weight is 554 g/mol. The molecule has 2 aromatic rings. The van der Waals surface area contributed by atoms with Crippen molar-refractivity contribution in [2.24, 2.45) is 4.99 Å². The van der Waals surface area contributed by atoms with Gasteiger partial charge in [0.05, 0.1) is 14.2 Å². The molecule has 8 heteroatoms. The third-order valence-electron chi connectivity index (χ3n) is 4.80. The molecule has 0 aromatic heterocycles. The Morgan fingerprint density at radius 2 is 1.75 bits per heavy atom. The van der Waals surface area contributed by atoms with Gasteiger partial charge >= 0.3 is 0 Å². The molecule has 2 N–H and O–H groups in total. The monoisotopic (exact) mass is 554 g/mol. The summed E-state index contributed by atoms with van der Waals surface area (Å²) in [6, 6.07) is 15.2. The lowest BCUT2D eigenvalue weighted by atomic mass is 10.1. The molecular formula is C24H35IN4O3. The van der Waals surface area contributed by atoms with Crippen molar-refractivity contribution in [1.82, 2.24) is 15.5 Å². The second-order valence-corrected chi connectivity index (χ2v) is 7.07. The van der Waals surface area contributed by atoms with E-state index < -0.39 is 0 Å². The number of nitrogens with one attached hydrogen (secondary N) is 2. The molecule has 2 rings (SSSR count). The zero-order valence-corrected chi connectivity index (χ0v) is 21.7. The molecule has 0 spiro atoms. The van der Waals surface area contributed by atoms with E-state index in [-0.39, 0.29) is 29.9 Å². The molecular weight excluding hydrogens is 519 g/mol. The number of hydrogen-bond donors (Lipinski definition) is 2. The van der Waals surface area contributed by atoms with E-state index in [4.69, 9.17) is 14.5 Å². The van der Waals surface area contributed by atoms with E-state index in [0.29, 0.717) is 18.7 Å². The number of carbonyl (C=O) groups excluding carboxylic acids is 1. The van der Waals surface area contributed by atoms with Crippen molar-refractivity contribution < 1.29 is 14.3 Å². The Balaban J connectivity index is 0.00000512. The molecule has 0 atom stereocenters. The molecule has 0 aliphatic heterocycles. The van der Waals surface area contributed by atoms with Gasteiger partial charge in [0.25, 0.3) is 5.91 Å². The highest BCUT2D eigenvalue weighted by Gasteiger charge is 2.09. The number of methoxy groups -OCH3 is 2. The third-order valence-corrected chi connectivity index (χ3v) is 4.80. The molecule has 7 nitrogen and oxygen atoms in total. The first-order valence-electron chi connectivity index (χ1n) is 10.6. The quantitative estimate of drug-likeness (QED) is 0.192. The first-order chi connectivity index (χ1) is 15.1. The van der Waals surface area contributed by atoms with Crippen LogP contribution in [-0.2, 0) is 6.42 Å². The second kappa shape index (κ2) is 15.3. The Morgan fingerprint density at radius 1 is 1.03 bits per heavy atom. The minimum atomic E-state index is -0.0523. The molecule has 2 aromatic carbocycles. The topological polar surface area (TPSA) is 75.2 Å². The van der Waals surface area contributed by atoms with E-state index in [2.05, 4.69) is 28.5 Å². The van der Waals surface area contributed by atoms with Crippen molar-refractivity contribution in [3.05, 3.63) is 59.7 Å². The van der Waals surface area contributed by atoms with Crippen molar-refractivity contribution in [2.45, 2.75) is 19.8 Å². The van der Waals surface area contributed by atoms with E-state index in [9.17, 15) is 4.79 Å². The minimum Gasteiger partial charge on any atom is -0.493 e. The summed E-state index contributed by atoms with van der Waals surface area (Å²) in [4.78, 5) is 18.9. The van der Waals surface area contributed by atoms with E-state index in [1.165, 1.54) is 5.56 Å². The Kier molecular flexibility index (Phi) is 13.2. The zero-order chi connectivity index (χ0) is 22.5. The Hall–Kier alpha value is -2.49. The summed E-state index contributed by atoms with van der Waals surface area (Å²) in [6.45, 7) is 4.89. The van der Waals surface area contributed by atoms with Crippen LogP contribution >= 0.6 is 24.0 Å². The van der Waals surface area contributed by atoms with Crippen molar-refractivity contribution in [2.75, 3.05) is 47.4 Å². The predicted octanol–water partition coefficient (Wildman–Crippen LogP) is 3.58. The molecule has 0 aliphatic rings. The fourth-order valence-electron chi connectivity index (χ4n) is 3.07. The lowest BCUT2D eigenvalue weighted by Crippen LogP contribution is -2.40. The van der Waals surface area contributed by atoms with Gasteiger partial charge in [-0.15, -0.1) is 24.0 Å². The number of amides is 1. The van der Waals surface area contributed by atoms with Gasteiger partial charge in [0.2, 0.25) is 0 Å². The standard InChI is InChI=1S/C24H34N4O3.HI/c1-5-25-24(27-16-9-15-26-23(29)20-10-7-6-8-11-20)28(2)17-14-19-12-13-21(30-3)22(18-19)31-4;/h6-8,10-13,18H,5,9,14-17H2,1-4H3,(H,25,27)(H,26,29);1H. The summed E-state index contributed by atoms with van der Waals surface area (Å²) >= 11 is 0. The maximum atomic E-state index is 12.1. The first-order valence-corrected chi connectivity index (χ1v) is 10.6. The maximum absolute atomic E-state index is 12.1. The lowest BCUT2D eigenvalue weighted by molar-refractivity contribution is 0.0953. The first kappa shape index (κ1) is 27.5. The summed E-state index contributed by atoms with van der Waals surface area (Å²) in [5, 5.41) is 6.27. The van der Waals surface area contributed by atoms with Gasteiger partial charge < -0.3 is 25.0 Å². The summed E-state index contributed by atoms with van der Waals surface area (Å²) in [7, 11) is 5.31. The lowest BCUT2D eigenvalue weighted by Gasteiger charge is -2.22. The van der Waals surface area contributed by atoms with E-state index in [1.807, 2.05) is 49.5 Å². The number of carbonyl (C=O) groups is 1. The summed E-state index contributed by atoms with van der Waals surface area (Å²) in [6.07, 6.45) is 1.63. The Morgan fingerprint density at radius 3 is 2.41 bits per heavy atom. The second-order valence-electron chi connectivity index (χ2n) is 7.07. The smallest absolute Gasteiger partial charge is 0.251 e. The van der Waals surface area contributed by atoms with Crippen LogP contribution in [-0.4, -0.2) is 64.2 Å². The van der Waals surface area contributed by atoms with Crippen LogP contribution in [0.5, 0.6) is 11.5 Å². The van der Waals surface area contributed by atoms with Crippen LogP contribution in [0.25, 0.3) is 0 Å². The summed E-state index contributed by atoms with van der Waals surface area (Å²) in [5.41, 5.74) is 1.85. The van der Waals surface area contributed by atoms with Gasteiger partial charge in [0.15, 0.2) is 17.5 Å². The fraction of sp³-hybridized carbons (Fsp3) is 0.417. The Labute approximate surface area is 208 Å². The molecule has 32 heavy (non-hydrogen) atoms. The van der Waals surface area contributed by atoms with E-state index in [0.717, 1.165) is 43.4 Å². The predicted molar refractivity (Wildman–Crippen MR) is 141 cm³/mol. The number of ether oxygens (including phenoxy) is 2. The molecule has 0 radical (unpaired) electrons. The number of likely N-dealkylation sites (N-methyl/N-ethyl adjacent to an activating group) is 1. The van der Waals surface area contributed by atoms with E-state index >= 15 is 0 Å². The van der Waals surface area contributed by atoms with Gasteiger partial charge in [-0.1, -0.05) is 24.3 Å².